The zero-order valence-electron chi connectivity index (χ0n) is 9.43. The Hall–Kier alpha value is -1.20. The molecule has 0 bridgehead atoms. The minimum Gasteiger partial charge on any atom is -0.310 e. The lowest BCUT2D eigenvalue weighted by molar-refractivity contribution is 0.689. The van der Waals surface area contributed by atoms with Crippen molar-refractivity contribution in [3.8, 4) is 0 Å². The molecule has 1 saturated heterocycles. The van der Waals surface area contributed by atoms with Gasteiger partial charge in [-0.15, -0.1) is 0 Å². The van der Waals surface area contributed by atoms with Crippen LogP contribution in [-0.4, -0.2) is 18.1 Å². The molecule has 1 aromatic heterocycles. The molecule has 1 N–H and O–H groups in total. The lowest BCUT2D eigenvalue weighted by atomic mass is 10.3. The summed E-state index contributed by atoms with van der Waals surface area (Å²) in [6, 6.07) is 10.2. The van der Waals surface area contributed by atoms with E-state index in [1.54, 1.807) is 20.7 Å². The van der Waals surface area contributed by atoms with Crippen LogP contribution in [0.3, 0.4) is 0 Å². The van der Waals surface area contributed by atoms with E-state index in [1.165, 1.54) is 12.8 Å². The van der Waals surface area contributed by atoms with Gasteiger partial charge in [0.15, 0.2) is 0 Å². The Bertz CT molecular complexity index is 548. The lowest BCUT2D eigenvalue weighted by Crippen LogP contribution is -2.25. The van der Waals surface area contributed by atoms with E-state index in [0.717, 1.165) is 28.7 Å². The Labute approximate surface area is 107 Å². The highest BCUT2D eigenvalue weighted by Gasteiger charge is 2.15. The Morgan fingerprint density at radius 3 is 2.59 bits per heavy atom. The fourth-order valence-electron chi connectivity index (χ4n) is 1.93. The summed E-state index contributed by atoms with van der Waals surface area (Å²) < 4.78 is 2.37. The van der Waals surface area contributed by atoms with E-state index < -0.39 is 0 Å². The number of nitrogens with zero attached hydrogens (tertiary/aromatic N) is 2. The number of hydrogen-bond acceptors (Lipinski definition) is 4. The van der Waals surface area contributed by atoms with Crippen LogP contribution < -0.4 is 14.7 Å². The van der Waals surface area contributed by atoms with Crippen molar-refractivity contribution in [2.24, 2.45) is 0 Å². The Kier molecular flexibility index (Phi) is 3.20. The number of aromatic nitrogens is 1. The molecule has 88 valence electrons. The second-order valence-corrected chi connectivity index (χ2v) is 6.14. The van der Waals surface area contributed by atoms with E-state index in [-0.39, 0.29) is 0 Å². The smallest absolute Gasteiger partial charge is 0.310 e. The van der Waals surface area contributed by atoms with Crippen molar-refractivity contribution >= 4 is 31.5 Å². The van der Waals surface area contributed by atoms with Crippen LogP contribution in [-0.2, 0) is 0 Å². The first-order valence-corrected chi connectivity index (χ1v) is 7.94. The van der Waals surface area contributed by atoms with Gasteiger partial charge in [-0.1, -0.05) is 18.2 Å². The Morgan fingerprint density at radius 2 is 1.82 bits per heavy atom. The van der Waals surface area contributed by atoms with Gasteiger partial charge in [-0.2, -0.15) is 0 Å². The van der Waals surface area contributed by atoms with Gasteiger partial charge < -0.3 is 5.32 Å². The van der Waals surface area contributed by atoms with Crippen molar-refractivity contribution in [3.63, 3.8) is 0 Å². The first-order chi connectivity index (χ1) is 8.42. The second-order valence-electron chi connectivity index (χ2n) is 4.05. The summed E-state index contributed by atoms with van der Waals surface area (Å²) in [6.45, 7) is 2.32. The number of nitrogens with one attached hydrogen (secondary N) is 1. The molecule has 1 aliphatic rings. The van der Waals surface area contributed by atoms with E-state index in [2.05, 4.69) is 27.0 Å². The molecule has 0 aliphatic carbocycles. The summed E-state index contributed by atoms with van der Waals surface area (Å²) >= 11 is 0. The molecule has 1 fully saturated rings. The van der Waals surface area contributed by atoms with Gasteiger partial charge in [0.05, 0.1) is 13.1 Å². The van der Waals surface area contributed by atoms with E-state index in [9.17, 15) is 0 Å². The normalized spacial score (nSPS) is 15.2. The summed E-state index contributed by atoms with van der Waals surface area (Å²) in [5.41, 5.74) is 1.10. The molecule has 0 amide bonds. The maximum atomic E-state index is 4.64. The van der Waals surface area contributed by atoms with Crippen LogP contribution in [0.1, 0.15) is 12.8 Å². The van der Waals surface area contributed by atoms with Crippen LogP contribution in [0, 0.1) is 0 Å². The largest absolute Gasteiger partial charge is 0.390 e. The minimum atomic E-state index is 0.989. The van der Waals surface area contributed by atoms with Crippen LogP contribution in [0.5, 0.6) is 0 Å². The predicted octanol–water partition coefficient (Wildman–Crippen LogP) is 2.51. The first kappa shape index (κ1) is 10.9. The van der Waals surface area contributed by atoms with E-state index in [1.807, 2.05) is 18.2 Å². The summed E-state index contributed by atoms with van der Waals surface area (Å²) in [6.07, 6.45) is 2.59. The third-order valence-corrected chi connectivity index (χ3v) is 4.90. The molecular formula is C12H14N3S2+. The molecule has 3 nitrogen and oxygen atoms in total. The number of rotatable bonds is 2. The molecule has 0 atom stereocenters. The highest BCUT2D eigenvalue weighted by Crippen LogP contribution is 2.19. The topological polar surface area (TPSA) is 27.9 Å². The van der Waals surface area contributed by atoms with Crippen LogP contribution in [0.4, 0.5) is 10.8 Å². The van der Waals surface area contributed by atoms with Gasteiger partial charge >= 0.3 is 9.93 Å². The van der Waals surface area contributed by atoms with Crippen molar-refractivity contribution in [3.05, 3.63) is 35.1 Å². The molecule has 0 saturated carbocycles. The maximum Gasteiger partial charge on any atom is 0.390 e. The molecule has 0 spiro atoms. The predicted molar refractivity (Wildman–Crippen MR) is 74.0 cm³/mol. The number of hydrogen-bond donors (Lipinski definition) is 1. The fourth-order valence-corrected chi connectivity index (χ4v) is 3.96. The molecule has 1 aromatic carbocycles. The molecule has 1 aliphatic heterocycles. The van der Waals surface area contributed by atoms with E-state index in [4.69, 9.17) is 0 Å². The zero-order chi connectivity index (χ0) is 11.5. The molecule has 0 unspecified atom stereocenters. The number of anilines is 2. The Morgan fingerprint density at radius 1 is 1.06 bits per heavy atom. The van der Waals surface area contributed by atoms with Crippen LogP contribution in [0.2, 0.25) is 0 Å². The monoisotopic (exact) mass is 264 g/mol. The molecule has 2 aromatic rings. The van der Waals surface area contributed by atoms with Gasteiger partial charge in [0, 0.05) is 21.0 Å². The summed E-state index contributed by atoms with van der Waals surface area (Å²) in [5, 5.41) is 4.33. The average molecular weight is 264 g/mol. The van der Waals surface area contributed by atoms with Gasteiger partial charge in [-0.25, -0.2) is 4.58 Å². The third kappa shape index (κ3) is 2.56. The van der Waals surface area contributed by atoms with Gasteiger partial charge in [0.1, 0.15) is 0 Å². The van der Waals surface area contributed by atoms with Crippen molar-refractivity contribution in [1.82, 2.24) is 9.56 Å². The number of para-hydroxylation sites is 1. The van der Waals surface area contributed by atoms with Gasteiger partial charge in [0.25, 0.3) is 0 Å². The standard InChI is InChI=1S/C12H13N3S2/c1-2-6-10(7-3-1)13-11-14-12(17-16-11)15-8-4-5-9-15/h1-3,6-7H,4-5,8-9H2/p+1. The SMILES string of the molecule is c1ccc(Nc2nc(=[N+]3CCCC3)ss2)cc1. The van der Waals surface area contributed by atoms with Crippen molar-refractivity contribution < 1.29 is 0 Å². The fraction of sp³-hybridized carbons (Fsp3) is 0.333. The molecule has 3 rings (SSSR count). The van der Waals surface area contributed by atoms with Gasteiger partial charge in [0.2, 0.25) is 0 Å². The highest BCUT2D eigenvalue weighted by molar-refractivity contribution is 7.69. The van der Waals surface area contributed by atoms with Crippen molar-refractivity contribution in [1.29, 1.82) is 0 Å². The molecule has 0 radical (unpaired) electrons. The summed E-state index contributed by atoms with van der Waals surface area (Å²) in [4.78, 5) is 5.80. The highest BCUT2D eigenvalue weighted by atomic mass is 32.9. The molecular weight excluding hydrogens is 250 g/mol. The van der Waals surface area contributed by atoms with Crippen molar-refractivity contribution in [2.75, 3.05) is 18.4 Å². The van der Waals surface area contributed by atoms with E-state index in [0.29, 0.717) is 0 Å². The quantitative estimate of drug-likeness (QED) is 0.667. The summed E-state index contributed by atoms with van der Waals surface area (Å²) in [7, 11) is 3.47. The van der Waals surface area contributed by atoms with Crippen LogP contribution in [0.25, 0.3) is 0 Å². The number of benzene rings is 1. The van der Waals surface area contributed by atoms with Crippen LogP contribution in [0.15, 0.2) is 30.3 Å². The van der Waals surface area contributed by atoms with Gasteiger partial charge in [-0.05, 0) is 35.3 Å². The average Bonchev–Trinajstić information content (AvgIpc) is 3.00. The zero-order valence-corrected chi connectivity index (χ0v) is 11.1. The van der Waals surface area contributed by atoms with Crippen molar-refractivity contribution in [2.45, 2.75) is 12.8 Å². The lowest BCUT2D eigenvalue weighted by Gasteiger charge is -1.96. The third-order valence-electron chi connectivity index (χ3n) is 2.79. The second kappa shape index (κ2) is 4.98. The summed E-state index contributed by atoms with van der Waals surface area (Å²) in [5.74, 6) is 0. The van der Waals surface area contributed by atoms with E-state index >= 15 is 0 Å². The molecule has 17 heavy (non-hydrogen) atoms. The molecule has 5 heteroatoms. The first-order valence-electron chi connectivity index (χ1n) is 5.79. The Balaban J connectivity index is 1.84. The van der Waals surface area contributed by atoms with Crippen LogP contribution >= 0.6 is 20.7 Å². The molecule has 2 heterocycles. The maximum absolute atomic E-state index is 4.64. The van der Waals surface area contributed by atoms with Gasteiger partial charge in [-0.3, -0.25) is 0 Å². The minimum absolute atomic E-state index is 0.989.